The van der Waals surface area contributed by atoms with Crippen molar-refractivity contribution in [2.75, 3.05) is 0 Å². The van der Waals surface area contributed by atoms with Crippen LogP contribution in [0.4, 0.5) is 0 Å². The standard InChI is InChI=1S/C13H18N2O/c1-3-11-9(2)14-12(15-13(11)16)6-4-5-10-7-8-10/h5H,3-4,6-8H2,1-2H3,(H,14,15,16). The number of hydrogen-bond donors (Lipinski definition) is 1. The Kier molecular flexibility index (Phi) is 3.22. The van der Waals surface area contributed by atoms with Crippen molar-refractivity contribution in [3.63, 3.8) is 0 Å². The summed E-state index contributed by atoms with van der Waals surface area (Å²) >= 11 is 0. The smallest absolute Gasteiger partial charge is 0.254 e. The van der Waals surface area contributed by atoms with Crippen LogP contribution in [0, 0.1) is 6.92 Å². The fourth-order valence-electron chi connectivity index (χ4n) is 1.89. The second kappa shape index (κ2) is 4.64. The van der Waals surface area contributed by atoms with Crippen LogP contribution in [0.1, 0.15) is 43.3 Å². The van der Waals surface area contributed by atoms with Crippen LogP contribution in [0.25, 0.3) is 0 Å². The minimum absolute atomic E-state index is 0.0316. The number of aromatic nitrogens is 2. The lowest BCUT2D eigenvalue weighted by molar-refractivity contribution is 0.828. The second-order valence-corrected chi connectivity index (χ2v) is 4.33. The molecule has 1 saturated carbocycles. The first-order valence-electron chi connectivity index (χ1n) is 5.97. The maximum atomic E-state index is 11.7. The molecular weight excluding hydrogens is 200 g/mol. The lowest BCUT2D eigenvalue weighted by atomic mass is 10.2. The maximum absolute atomic E-state index is 11.7. The largest absolute Gasteiger partial charge is 0.310 e. The molecule has 0 unspecified atom stereocenters. The van der Waals surface area contributed by atoms with Gasteiger partial charge in [-0.3, -0.25) is 4.79 Å². The van der Waals surface area contributed by atoms with E-state index in [0.29, 0.717) is 0 Å². The SMILES string of the molecule is CCc1c(C)nc(CCC=C2CC2)[nH]c1=O. The van der Waals surface area contributed by atoms with Gasteiger partial charge in [0, 0.05) is 17.7 Å². The Morgan fingerprint density at radius 1 is 1.44 bits per heavy atom. The quantitative estimate of drug-likeness (QED) is 0.788. The zero-order valence-electron chi connectivity index (χ0n) is 9.97. The van der Waals surface area contributed by atoms with E-state index < -0.39 is 0 Å². The van der Waals surface area contributed by atoms with Crippen LogP contribution in [0.5, 0.6) is 0 Å². The maximum Gasteiger partial charge on any atom is 0.254 e. The number of H-pyrrole nitrogens is 1. The Bertz CT molecular complexity index is 465. The molecule has 3 nitrogen and oxygen atoms in total. The van der Waals surface area contributed by atoms with Crippen molar-refractivity contribution in [3.8, 4) is 0 Å². The van der Waals surface area contributed by atoms with Crippen molar-refractivity contribution in [2.45, 2.75) is 46.0 Å². The van der Waals surface area contributed by atoms with Crippen molar-refractivity contribution < 1.29 is 0 Å². The van der Waals surface area contributed by atoms with Crippen molar-refractivity contribution in [1.82, 2.24) is 9.97 Å². The average Bonchev–Trinajstić information content (AvgIpc) is 3.01. The first-order valence-corrected chi connectivity index (χ1v) is 5.97. The number of nitrogens with one attached hydrogen (secondary N) is 1. The van der Waals surface area contributed by atoms with Crippen LogP contribution in [-0.4, -0.2) is 9.97 Å². The molecule has 0 amide bonds. The highest BCUT2D eigenvalue weighted by atomic mass is 16.1. The zero-order chi connectivity index (χ0) is 11.5. The number of allylic oxidation sites excluding steroid dienone is 2. The molecule has 0 radical (unpaired) electrons. The minimum Gasteiger partial charge on any atom is -0.310 e. The summed E-state index contributed by atoms with van der Waals surface area (Å²) in [5.74, 6) is 0.817. The average molecular weight is 218 g/mol. The molecule has 0 saturated heterocycles. The topological polar surface area (TPSA) is 45.8 Å². The van der Waals surface area contributed by atoms with Crippen LogP contribution in [0.2, 0.25) is 0 Å². The minimum atomic E-state index is 0.0316. The molecule has 1 heterocycles. The Hall–Kier alpha value is -1.38. The highest BCUT2D eigenvalue weighted by Gasteiger charge is 2.10. The molecule has 0 bridgehead atoms. The number of hydrogen-bond acceptors (Lipinski definition) is 2. The van der Waals surface area contributed by atoms with Crippen molar-refractivity contribution >= 4 is 0 Å². The van der Waals surface area contributed by atoms with Crippen LogP contribution in [0.15, 0.2) is 16.4 Å². The summed E-state index contributed by atoms with van der Waals surface area (Å²) in [4.78, 5) is 19.0. The first kappa shape index (κ1) is 11.1. The van der Waals surface area contributed by atoms with E-state index in [1.807, 2.05) is 13.8 Å². The number of aryl methyl sites for hydroxylation is 2. The van der Waals surface area contributed by atoms with Gasteiger partial charge in [0.25, 0.3) is 5.56 Å². The molecule has 0 aliphatic heterocycles. The number of nitrogens with zero attached hydrogens (tertiary/aromatic N) is 1. The van der Waals surface area contributed by atoms with Crippen molar-refractivity contribution in [3.05, 3.63) is 39.1 Å². The van der Waals surface area contributed by atoms with E-state index in [-0.39, 0.29) is 5.56 Å². The molecule has 86 valence electrons. The van der Waals surface area contributed by atoms with Gasteiger partial charge in [-0.1, -0.05) is 18.6 Å². The normalized spacial score (nSPS) is 14.0. The van der Waals surface area contributed by atoms with E-state index >= 15 is 0 Å². The van der Waals surface area contributed by atoms with Gasteiger partial charge in [-0.05, 0) is 32.6 Å². The van der Waals surface area contributed by atoms with E-state index in [9.17, 15) is 4.79 Å². The summed E-state index contributed by atoms with van der Waals surface area (Å²) in [7, 11) is 0. The first-order chi connectivity index (χ1) is 7.70. The Labute approximate surface area is 95.6 Å². The third-order valence-corrected chi connectivity index (χ3v) is 2.98. The Balaban J connectivity index is 2.09. The molecule has 1 fully saturated rings. The lowest BCUT2D eigenvalue weighted by Gasteiger charge is -2.04. The highest BCUT2D eigenvalue weighted by molar-refractivity contribution is 5.18. The summed E-state index contributed by atoms with van der Waals surface area (Å²) in [5, 5.41) is 0. The van der Waals surface area contributed by atoms with Gasteiger partial charge in [0.05, 0.1) is 0 Å². The third kappa shape index (κ3) is 2.60. The molecular formula is C13H18N2O. The summed E-state index contributed by atoms with van der Waals surface area (Å²) < 4.78 is 0. The third-order valence-electron chi connectivity index (χ3n) is 2.98. The summed E-state index contributed by atoms with van der Waals surface area (Å²) in [6, 6.07) is 0. The van der Waals surface area contributed by atoms with Gasteiger partial charge >= 0.3 is 0 Å². The van der Waals surface area contributed by atoms with Gasteiger partial charge in [0.1, 0.15) is 5.82 Å². The molecule has 1 aromatic rings. The molecule has 16 heavy (non-hydrogen) atoms. The lowest BCUT2D eigenvalue weighted by Crippen LogP contribution is -2.18. The van der Waals surface area contributed by atoms with E-state index in [4.69, 9.17) is 0 Å². The van der Waals surface area contributed by atoms with E-state index in [2.05, 4.69) is 16.0 Å². The van der Waals surface area contributed by atoms with Crippen LogP contribution >= 0.6 is 0 Å². The molecule has 1 aromatic heterocycles. The molecule has 1 N–H and O–H groups in total. The molecule has 0 aromatic carbocycles. The van der Waals surface area contributed by atoms with Crippen LogP contribution in [0.3, 0.4) is 0 Å². The molecule has 1 aliphatic carbocycles. The predicted molar refractivity (Wildman–Crippen MR) is 64.6 cm³/mol. The van der Waals surface area contributed by atoms with Crippen LogP contribution < -0.4 is 5.56 Å². The highest BCUT2D eigenvalue weighted by Crippen LogP contribution is 2.27. The van der Waals surface area contributed by atoms with Crippen LogP contribution in [-0.2, 0) is 12.8 Å². The van der Waals surface area contributed by atoms with Gasteiger partial charge in [0.15, 0.2) is 0 Å². The van der Waals surface area contributed by atoms with Gasteiger partial charge < -0.3 is 4.98 Å². The van der Waals surface area contributed by atoms with Crippen molar-refractivity contribution in [1.29, 1.82) is 0 Å². The summed E-state index contributed by atoms with van der Waals surface area (Å²) in [5.41, 5.74) is 3.26. The van der Waals surface area contributed by atoms with Gasteiger partial charge in [0.2, 0.25) is 0 Å². The van der Waals surface area contributed by atoms with E-state index in [0.717, 1.165) is 36.3 Å². The van der Waals surface area contributed by atoms with E-state index in [1.54, 1.807) is 5.57 Å². The Morgan fingerprint density at radius 2 is 2.19 bits per heavy atom. The predicted octanol–water partition coefficient (Wildman–Crippen LogP) is 2.29. The van der Waals surface area contributed by atoms with Gasteiger partial charge in [-0.2, -0.15) is 0 Å². The molecule has 1 aliphatic rings. The second-order valence-electron chi connectivity index (χ2n) is 4.33. The van der Waals surface area contributed by atoms with Gasteiger partial charge in [-0.25, -0.2) is 4.98 Å². The fraction of sp³-hybridized carbons (Fsp3) is 0.538. The number of rotatable bonds is 4. The summed E-state index contributed by atoms with van der Waals surface area (Å²) in [6.07, 6.45) is 7.36. The molecule has 2 rings (SSSR count). The fourth-order valence-corrected chi connectivity index (χ4v) is 1.89. The molecule has 0 atom stereocenters. The Morgan fingerprint density at radius 3 is 2.75 bits per heavy atom. The summed E-state index contributed by atoms with van der Waals surface area (Å²) in [6.45, 7) is 3.90. The van der Waals surface area contributed by atoms with Crippen molar-refractivity contribution in [2.24, 2.45) is 0 Å². The monoisotopic (exact) mass is 218 g/mol. The molecule has 3 heteroatoms. The molecule has 0 spiro atoms. The number of aromatic amines is 1. The van der Waals surface area contributed by atoms with Gasteiger partial charge in [-0.15, -0.1) is 0 Å². The van der Waals surface area contributed by atoms with E-state index in [1.165, 1.54) is 12.8 Å². The zero-order valence-corrected chi connectivity index (χ0v) is 9.97.